The van der Waals surface area contributed by atoms with Gasteiger partial charge in [0.25, 0.3) is 0 Å². The first-order chi connectivity index (χ1) is 10.5. The molecule has 0 aliphatic rings. The minimum atomic E-state index is -0.192. The summed E-state index contributed by atoms with van der Waals surface area (Å²) < 4.78 is 0. The molecule has 0 atom stereocenters. The van der Waals surface area contributed by atoms with Crippen LogP contribution < -0.4 is 10.6 Å². The zero-order chi connectivity index (χ0) is 15.9. The van der Waals surface area contributed by atoms with Crippen molar-refractivity contribution < 1.29 is 4.79 Å². The zero-order valence-corrected chi connectivity index (χ0v) is 13.4. The van der Waals surface area contributed by atoms with Crippen LogP contribution in [0.4, 0.5) is 10.5 Å². The minimum Gasteiger partial charge on any atom is -0.334 e. The SMILES string of the molecule is Cc1cccc(NC(=O)NCc2ccc(CN(C)C)cc2)c1. The monoisotopic (exact) mass is 297 g/mol. The Labute approximate surface area is 132 Å². The normalized spacial score (nSPS) is 10.5. The van der Waals surface area contributed by atoms with Gasteiger partial charge in [-0.1, -0.05) is 36.4 Å². The molecule has 0 bridgehead atoms. The van der Waals surface area contributed by atoms with Crippen LogP contribution in [-0.4, -0.2) is 25.0 Å². The fourth-order valence-corrected chi connectivity index (χ4v) is 2.21. The Morgan fingerprint density at radius 1 is 1.05 bits per heavy atom. The lowest BCUT2D eigenvalue weighted by Crippen LogP contribution is -2.28. The van der Waals surface area contributed by atoms with Crippen LogP contribution in [0.25, 0.3) is 0 Å². The summed E-state index contributed by atoms with van der Waals surface area (Å²) in [6.07, 6.45) is 0. The average molecular weight is 297 g/mol. The molecule has 0 aliphatic heterocycles. The summed E-state index contributed by atoms with van der Waals surface area (Å²) in [6, 6.07) is 15.8. The molecule has 0 aliphatic carbocycles. The smallest absolute Gasteiger partial charge is 0.319 e. The Morgan fingerprint density at radius 2 is 1.73 bits per heavy atom. The van der Waals surface area contributed by atoms with Gasteiger partial charge in [-0.05, 0) is 49.8 Å². The second kappa shape index (κ2) is 7.61. The molecular weight excluding hydrogens is 274 g/mol. The quantitative estimate of drug-likeness (QED) is 0.888. The third-order valence-electron chi connectivity index (χ3n) is 3.25. The molecule has 2 aromatic carbocycles. The van der Waals surface area contributed by atoms with E-state index in [9.17, 15) is 4.79 Å². The van der Waals surface area contributed by atoms with Crippen molar-refractivity contribution in [1.82, 2.24) is 10.2 Å². The van der Waals surface area contributed by atoms with Gasteiger partial charge in [0.1, 0.15) is 0 Å². The molecule has 0 aromatic heterocycles. The molecule has 2 N–H and O–H groups in total. The molecule has 0 heterocycles. The lowest BCUT2D eigenvalue weighted by atomic mass is 10.1. The maximum absolute atomic E-state index is 11.9. The maximum Gasteiger partial charge on any atom is 0.319 e. The van der Waals surface area contributed by atoms with Crippen molar-refractivity contribution in [3.63, 3.8) is 0 Å². The van der Waals surface area contributed by atoms with E-state index in [1.54, 1.807) is 0 Å². The third kappa shape index (κ3) is 5.22. The Kier molecular flexibility index (Phi) is 5.55. The highest BCUT2D eigenvalue weighted by molar-refractivity contribution is 5.89. The van der Waals surface area contributed by atoms with Gasteiger partial charge in [-0.2, -0.15) is 0 Å². The topological polar surface area (TPSA) is 44.4 Å². The molecule has 116 valence electrons. The Bertz CT molecular complexity index is 620. The first-order valence-electron chi connectivity index (χ1n) is 7.37. The molecule has 0 spiro atoms. The van der Waals surface area contributed by atoms with Crippen molar-refractivity contribution in [3.05, 3.63) is 65.2 Å². The second-order valence-electron chi connectivity index (χ2n) is 5.73. The van der Waals surface area contributed by atoms with Gasteiger partial charge in [0.05, 0.1) is 0 Å². The van der Waals surface area contributed by atoms with Crippen molar-refractivity contribution in [2.75, 3.05) is 19.4 Å². The summed E-state index contributed by atoms with van der Waals surface area (Å²) in [7, 11) is 4.09. The molecular formula is C18H23N3O. The summed E-state index contributed by atoms with van der Waals surface area (Å²) in [5, 5.41) is 5.70. The number of anilines is 1. The van der Waals surface area contributed by atoms with E-state index in [1.165, 1.54) is 5.56 Å². The van der Waals surface area contributed by atoms with Crippen molar-refractivity contribution in [2.45, 2.75) is 20.0 Å². The number of nitrogens with zero attached hydrogens (tertiary/aromatic N) is 1. The predicted octanol–water partition coefficient (Wildman–Crippen LogP) is 3.38. The fourth-order valence-electron chi connectivity index (χ4n) is 2.21. The summed E-state index contributed by atoms with van der Waals surface area (Å²) in [5.41, 5.74) is 4.27. The van der Waals surface area contributed by atoms with Gasteiger partial charge in [-0.25, -0.2) is 4.79 Å². The van der Waals surface area contributed by atoms with Gasteiger partial charge in [0.15, 0.2) is 0 Å². The number of benzene rings is 2. The van der Waals surface area contributed by atoms with Crippen LogP contribution in [0.3, 0.4) is 0 Å². The summed E-state index contributed by atoms with van der Waals surface area (Å²) in [4.78, 5) is 14.0. The van der Waals surface area contributed by atoms with Crippen LogP contribution in [0.5, 0.6) is 0 Å². The number of rotatable bonds is 5. The van der Waals surface area contributed by atoms with E-state index < -0.39 is 0 Å². The van der Waals surface area contributed by atoms with E-state index in [0.717, 1.165) is 23.4 Å². The molecule has 0 unspecified atom stereocenters. The van der Waals surface area contributed by atoms with Crippen molar-refractivity contribution in [3.8, 4) is 0 Å². The van der Waals surface area contributed by atoms with Gasteiger partial charge >= 0.3 is 6.03 Å². The lowest BCUT2D eigenvalue weighted by Gasteiger charge is -2.11. The lowest BCUT2D eigenvalue weighted by molar-refractivity contribution is 0.251. The first kappa shape index (κ1) is 16.0. The van der Waals surface area contributed by atoms with Crippen molar-refractivity contribution in [1.29, 1.82) is 0 Å². The average Bonchev–Trinajstić information content (AvgIpc) is 2.46. The minimum absolute atomic E-state index is 0.192. The van der Waals surface area contributed by atoms with Gasteiger partial charge < -0.3 is 15.5 Å². The Balaban J connectivity index is 1.83. The van der Waals surface area contributed by atoms with Crippen LogP contribution in [0.2, 0.25) is 0 Å². The van der Waals surface area contributed by atoms with Crippen LogP contribution >= 0.6 is 0 Å². The number of nitrogens with one attached hydrogen (secondary N) is 2. The fraction of sp³-hybridized carbons (Fsp3) is 0.278. The van der Waals surface area contributed by atoms with Crippen LogP contribution in [-0.2, 0) is 13.1 Å². The van der Waals surface area contributed by atoms with E-state index >= 15 is 0 Å². The van der Waals surface area contributed by atoms with Crippen LogP contribution in [0, 0.1) is 6.92 Å². The zero-order valence-electron chi connectivity index (χ0n) is 13.4. The summed E-state index contributed by atoms with van der Waals surface area (Å²) >= 11 is 0. The molecule has 0 radical (unpaired) electrons. The molecule has 2 rings (SSSR count). The van der Waals surface area contributed by atoms with Crippen LogP contribution in [0.15, 0.2) is 48.5 Å². The molecule has 0 saturated heterocycles. The number of carbonyl (C=O) groups is 1. The maximum atomic E-state index is 11.9. The molecule has 4 nitrogen and oxygen atoms in total. The van der Waals surface area contributed by atoms with Gasteiger partial charge in [-0.3, -0.25) is 0 Å². The number of amides is 2. The van der Waals surface area contributed by atoms with Crippen LogP contribution in [0.1, 0.15) is 16.7 Å². The Morgan fingerprint density at radius 3 is 2.36 bits per heavy atom. The Hall–Kier alpha value is -2.33. The van der Waals surface area contributed by atoms with Crippen molar-refractivity contribution in [2.24, 2.45) is 0 Å². The molecule has 0 saturated carbocycles. The van der Waals surface area contributed by atoms with Gasteiger partial charge in [0, 0.05) is 18.8 Å². The second-order valence-corrected chi connectivity index (χ2v) is 5.73. The predicted molar refractivity (Wildman–Crippen MR) is 90.9 cm³/mol. The molecule has 2 amide bonds. The van der Waals surface area contributed by atoms with E-state index in [0.29, 0.717) is 6.54 Å². The van der Waals surface area contributed by atoms with Crippen molar-refractivity contribution >= 4 is 11.7 Å². The number of hydrogen-bond donors (Lipinski definition) is 2. The summed E-state index contributed by atoms with van der Waals surface area (Å²) in [5.74, 6) is 0. The highest BCUT2D eigenvalue weighted by Gasteiger charge is 2.02. The highest BCUT2D eigenvalue weighted by atomic mass is 16.2. The molecule has 22 heavy (non-hydrogen) atoms. The third-order valence-corrected chi connectivity index (χ3v) is 3.25. The van der Waals surface area contributed by atoms with Gasteiger partial charge in [0.2, 0.25) is 0 Å². The molecule has 2 aromatic rings. The number of hydrogen-bond acceptors (Lipinski definition) is 2. The first-order valence-corrected chi connectivity index (χ1v) is 7.37. The summed E-state index contributed by atoms with van der Waals surface area (Å²) in [6.45, 7) is 3.43. The van der Waals surface area contributed by atoms with E-state index in [4.69, 9.17) is 0 Å². The van der Waals surface area contributed by atoms with E-state index in [1.807, 2.05) is 57.4 Å². The highest BCUT2D eigenvalue weighted by Crippen LogP contribution is 2.09. The number of urea groups is 1. The van der Waals surface area contributed by atoms with Gasteiger partial charge in [-0.15, -0.1) is 0 Å². The van der Waals surface area contributed by atoms with E-state index in [2.05, 4.69) is 27.7 Å². The number of aryl methyl sites for hydroxylation is 1. The van der Waals surface area contributed by atoms with E-state index in [-0.39, 0.29) is 6.03 Å². The molecule has 0 fully saturated rings. The largest absolute Gasteiger partial charge is 0.334 e. The molecule has 4 heteroatoms. The standard InChI is InChI=1S/C18H23N3O/c1-14-5-4-6-17(11-14)20-18(22)19-12-15-7-9-16(10-8-15)13-21(2)3/h4-11H,12-13H2,1-3H3,(H2,19,20,22). The number of carbonyl (C=O) groups excluding carboxylic acids is 1.